The molecule has 4 rings (SSSR count). The quantitative estimate of drug-likeness (QED) is 0.489. The van der Waals surface area contributed by atoms with E-state index in [-0.39, 0.29) is 62.3 Å². The third-order valence-electron chi connectivity index (χ3n) is 4.79. The van der Waals surface area contributed by atoms with Crippen molar-refractivity contribution in [3.8, 4) is 0 Å². The molecule has 2 aliphatic rings. The maximum absolute atomic E-state index is 12.9. The van der Waals surface area contributed by atoms with Crippen molar-refractivity contribution in [1.29, 1.82) is 0 Å². The van der Waals surface area contributed by atoms with E-state index in [1.165, 1.54) is 30.5 Å². The summed E-state index contributed by atoms with van der Waals surface area (Å²) in [6, 6.07) is 5.58. The van der Waals surface area contributed by atoms with Gasteiger partial charge in [0.1, 0.15) is 10.6 Å². The van der Waals surface area contributed by atoms with Gasteiger partial charge in [0.15, 0.2) is 0 Å². The molecule has 1 fully saturated rings. The van der Waals surface area contributed by atoms with Crippen LogP contribution in [0, 0.1) is 7.43 Å². The summed E-state index contributed by atoms with van der Waals surface area (Å²) >= 11 is 3.19. The molecule has 0 aliphatic carbocycles. The number of benzene rings is 1. The van der Waals surface area contributed by atoms with E-state index in [1.54, 1.807) is 0 Å². The number of hydrogen-bond acceptors (Lipinski definition) is 5. The van der Waals surface area contributed by atoms with Gasteiger partial charge in [-0.15, -0.1) is 0 Å². The summed E-state index contributed by atoms with van der Waals surface area (Å²) in [6.07, 6.45) is 4.26. The summed E-state index contributed by atoms with van der Waals surface area (Å²) in [5.74, 6) is -0.900. The number of amides is 2. The Morgan fingerprint density at radius 2 is 2.10 bits per heavy atom. The molecular weight excluding hydrogens is 646 g/mol. The molecule has 1 unspecified atom stereocenters. The second-order valence-corrected chi connectivity index (χ2v) is 9.39. The van der Waals surface area contributed by atoms with Gasteiger partial charge in [-0.05, 0) is 59.5 Å². The van der Waals surface area contributed by atoms with Crippen molar-refractivity contribution in [3.05, 3.63) is 53.6 Å². The number of halogens is 1. The van der Waals surface area contributed by atoms with Crippen molar-refractivity contribution < 1.29 is 43.8 Å². The Morgan fingerprint density at radius 1 is 1.33 bits per heavy atom. The van der Waals surface area contributed by atoms with Gasteiger partial charge in [0.05, 0.1) is 11.8 Å². The number of carbonyl (C=O) groups excluding carboxylic acids is 2. The van der Waals surface area contributed by atoms with Crippen molar-refractivity contribution in [2.45, 2.75) is 30.3 Å². The summed E-state index contributed by atoms with van der Waals surface area (Å²) in [5.41, 5.74) is 0.344. The molecular formula is C19H21BrN3O5SW-. The van der Waals surface area contributed by atoms with Crippen molar-refractivity contribution in [3.63, 3.8) is 0 Å². The van der Waals surface area contributed by atoms with Crippen LogP contribution in [0.3, 0.4) is 0 Å². The fourth-order valence-electron chi connectivity index (χ4n) is 3.38. The van der Waals surface area contributed by atoms with Gasteiger partial charge in [-0.1, -0.05) is 0 Å². The maximum atomic E-state index is 12.9. The number of anilines is 1. The molecule has 1 aromatic heterocycles. The predicted octanol–water partition coefficient (Wildman–Crippen LogP) is 2.80. The Hall–Kier alpha value is -1.48. The average molecular weight is 667 g/mol. The Kier molecular flexibility index (Phi) is 8.07. The zero-order valence-corrected chi connectivity index (χ0v) is 21.5. The summed E-state index contributed by atoms with van der Waals surface area (Å²) in [6.45, 7) is 1.22. The number of aromatic nitrogens is 1. The number of fused-ring (bicyclic) bond motifs is 2. The Bertz CT molecular complexity index is 1060. The number of hydrogen-bond donors (Lipinski definition) is 2. The van der Waals surface area contributed by atoms with E-state index < -0.39 is 15.9 Å². The largest absolute Gasteiger partial charge is 0.378 e. The molecule has 1 saturated heterocycles. The van der Waals surface area contributed by atoms with E-state index in [0.29, 0.717) is 11.0 Å². The molecule has 2 amide bonds. The van der Waals surface area contributed by atoms with E-state index in [4.69, 9.17) is 4.74 Å². The fraction of sp³-hybridized carbons (Fsp3) is 0.316. The fourth-order valence-corrected chi connectivity index (χ4v) is 5.43. The third-order valence-corrected chi connectivity index (χ3v) is 6.95. The van der Waals surface area contributed by atoms with Crippen LogP contribution in [0.4, 0.5) is 5.69 Å². The molecule has 0 bridgehead atoms. The van der Waals surface area contributed by atoms with Crippen molar-refractivity contribution >= 4 is 43.5 Å². The SMILES string of the molecule is O=C(NCCC1CCCO1)c1ccc2c(c1)NC(=O)c1cc(Br)cn1S2(=O)=O.[CH3-].[W]. The Balaban J connectivity index is 0.00000160. The molecule has 0 spiro atoms. The van der Waals surface area contributed by atoms with E-state index in [2.05, 4.69) is 26.6 Å². The molecule has 1 aromatic carbocycles. The molecule has 8 nitrogen and oxygen atoms in total. The van der Waals surface area contributed by atoms with Gasteiger partial charge in [-0.25, -0.2) is 12.4 Å². The molecule has 2 N–H and O–H groups in total. The molecule has 30 heavy (non-hydrogen) atoms. The number of carbonyl (C=O) groups is 2. The van der Waals surface area contributed by atoms with Gasteiger partial charge >= 0.3 is 0 Å². The van der Waals surface area contributed by atoms with Gasteiger partial charge in [0.25, 0.3) is 21.8 Å². The van der Waals surface area contributed by atoms with Crippen LogP contribution in [0.2, 0.25) is 0 Å². The van der Waals surface area contributed by atoms with E-state index in [1.807, 2.05) is 0 Å². The second kappa shape index (κ2) is 9.76. The summed E-state index contributed by atoms with van der Waals surface area (Å²) < 4.78 is 32.8. The smallest absolute Gasteiger partial charge is 0.273 e. The minimum Gasteiger partial charge on any atom is -0.378 e. The van der Waals surface area contributed by atoms with E-state index >= 15 is 0 Å². The zero-order chi connectivity index (χ0) is 19.9. The maximum Gasteiger partial charge on any atom is 0.273 e. The summed E-state index contributed by atoms with van der Waals surface area (Å²) in [4.78, 5) is 24.8. The minimum atomic E-state index is -3.97. The van der Waals surface area contributed by atoms with Crippen molar-refractivity contribution in [2.75, 3.05) is 18.5 Å². The third kappa shape index (κ3) is 4.71. The van der Waals surface area contributed by atoms with Crippen LogP contribution in [-0.2, 0) is 35.8 Å². The minimum absolute atomic E-state index is 0. The standard InChI is InChI=1S/C18H18BrN3O5S.CH3.W/c19-12-9-15-18(24)21-14-8-11(3-4-16(14)28(25,26)22(15)10-12)17(23)20-6-5-13-2-1-7-27-13;;/h3-4,8-10,13H,1-2,5-7H2,(H,20,23)(H,21,24);1H3;/q;-1;. The van der Waals surface area contributed by atoms with Crippen LogP contribution in [0.1, 0.15) is 40.1 Å². The van der Waals surface area contributed by atoms with Crippen LogP contribution in [0.5, 0.6) is 0 Å². The molecule has 2 aliphatic heterocycles. The molecule has 11 heteroatoms. The van der Waals surface area contributed by atoms with Crippen LogP contribution in [0.25, 0.3) is 0 Å². The number of rotatable bonds is 4. The average Bonchev–Trinajstić information content (AvgIpc) is 3.29. The summed E-state index contributed by atoms with van der Waals surface area (Å²) in [7, 11) is -3.97. The van der Waals surface area contributed by atoms with Crippen LogP contribution in [0.15, 0.2) is 39.8 Å². The normalized spacial score (nSPS) is 18.7. The number of nitrogens with one attached hydrogen (secondary N) is 2. The van der Waals surface area contributed by atoms with Gasteiger partial charge in [0, 0.05) is 50.4 Å². The van der Waals surface area contributed by atoms with Crippen LogP contribution < -0.4 is 10.6 Å². The second-order valence-electron chi connectivity index (χ2n) is 6.69. The van der Waals surface area contributed by atoms with Gasteiger partial charge in [-0.3, -0.25) is 9.59 Å². The van der Waals surface area contributed by atoms with Gasteiger partial charge < -0.3 is 22.8 Å². The molecule has 1 atom stereocenters. The molecule has 0 radical (unpaired) electrons. The Labute approximate surface area is 198 Å². The molecule has 0 saturated carbocycles. The van der Waals surface area contributed by atoms with Crippen LogP contribution in [-0.4, -0.2) is 43.5 Å². The predicted molar refractivity (Wildman–Crippen MR) is 111 cm³/mol. The van der Waals surface area contributed by atoms with Crippen molar-refractivity contribution in [2.24, 2.45) is 0 Å². The van der Waals surface area contributed by atoms with Gasteiger partial charge in [0.2, 0.25) is 0 Å². The molecule has 162 valence electrons. The van der Waals surface area contributed by atoms with Crippen LogP contribution >= 0.6 is 15.9 Å². The first-order valence-corrected chi connectivity index (χ1v) is 11.1. The van der Waals surface area contributed by atoms with Gasteiger partial charge in [-0.2, -0.15) is 0 Å². The van der Waals surface area contributed by atoms with E-state index in [9.17, 15) is 18.0 Å². The number of nitrogens with zero attached hydrogens (tertiary/aromatic N) is 1. The first-order chi connectivity index (χ1) is 13.4. The van der Waals surface area contributed by atoms with E-state index in [0.717, 1.165) is 29.8 Å². The summed E-state index contributed by atoms with van der Waals surface area (Å²) in [5, 5.41) is 5.39. The monoisotopic (exact) mass is 666 g/mol. The zero-order valence-electron chi connectivity index (χ0n) is 16.2. The first-order valence-electron chi connectivity index (χ1n) is 8.85. The molecule has 3 heterocycles. The Morgan fingerprint density at radius 3 is 2.80 bits per heavy atom. The topological polar surface area (TPSA) is 106 Å². The first kappa shape index (κ1) is 24.8. The molecule has 2 aromatic rings. The van der Waals surface area contributed by atoms with Crippen molar-refractivity contribution in [1.82, 2.24) is 9.29 Å². The number of ether oxygens (including phenoxy) is 1.